The van der Waals surface area contributed by atoms with Crippen LogP contribution in [-0.2, 0) is 0 Å². The van der Waals surface area contributed by atoms with Crippen LogP contribution < -0.4 is 0 Å². The number of hydrogen-bond acceptors (Lipinski definition) is 1. The molecule has 1 saturated heterocycles. The van der Waals surface area contributed by atoms with Crippen LogP contribution in [0.15, 0.2) is 18.2 Å². The lowest BCUT2D eigenvalue weighted by Gasteiger charge is -2.30. The first-order valence-corrected chi connectivity index (χ1v) is 6.45. The fraction of sp³-hybridized carbons (Fsp3) is 0.533. The first kappa shape index (κ1) is 12.2. The number of nitrogens with zero attached hydrogens (tertiary/aromatic N) is 1. The van der Waals surface area contributed by atoms with Crippen LogP contribution in [0, 0.1) is 19.8 Å². The average molecular weight is 231 g/mol. The summed E-state index contributed by atoms with van der Waals surface area (Å²) < 4.78 is 0. The molecule has 1 aromatic carbocycles. The van der Waals surface area contributed by atoms with Crippen LogP contribution >= 0.6 is 0 Å². The third kappa shape index (κ3) is 2.51. The third-order valence-electron chi connectivity index (χ3n) is 3.91. The molecular formula is C15H21NO. The van der Waals surface area contributed by atoms with Gasteiger partial charge in [-0.05, 0) is 49.8 Å². The second-order valence-electron chi connectivity index (χ2n) is 5.22. The van der Waals surface area contributed by atoms with Crippen molar-refractivity contribution in [1.82, 2.24) is 4.90 Å². The fourth-order valence-corrected chi connectivity index (χ4v) is 2.36. The second kappa shape index (κ2) is 4.91. The molecule has 0 saturated carbocycles. The molecule has 2 heteroatoms. The molecular weight excluding hydrogens is 210 g/mol. The summed E-state index contributed by atoms with van der Waals surface area (Å²) in [6.07, 6.45) is 2.27. The van der Waals surface area contributed by atoms with E-state index in [1.54, 1.807) is 0 Å². The average Bonchev–Trinajstić information content (AvgIpc) is 2.33. The van der Waals surface area contributed by atoms with Crippen molar-refractivity contribution in [1.29, 1.82) is 0 Å². The van der Waals surface area contributed by atoms with E-state index < -0.39 is 0 Å². The van der Waals surface area contributed by atoms with Crippen molar-refractivity contribution < 1.29 is 4.79 Å². The lowest BCUT2D eigenvalue weighted by Crippen LogP contribution is -2.38. The zero-order chi connectivity index (χ0) is 12.4. The molecule has 1 aliphatic rings. The predicted octanol–water partition coefficient (Wildman–Crippen LogP) is 3.18. The van der Waals surface area contributed by atoms with Gasteiger partial charge in [0.15, 0.2) is 0 Å². The zero-order valence-electron chi connectivity index (χ0n) is 11.0. The first-order chi connectivity index (χ1) is 8.09. The van der Waals surface area contributed by atoms with Gasteiger partial charge in [0.1, 0.15) is 0 Å². The van der Waals surface area contributed by atoms with Crippen molar-refractivity contribution in [2.24, 2.45) is 5.92 Å². The van der Waals surface area contributed by atoms with Gasteiger partial charge in [-0.15, -0.1) is 0 Å². The van der Waals surface area contributed by atoms with Gasteiger partial charge in [-0.3, -0.25) is 4.79 Å². The smallest absolute Gasteiger partial charge is 0.254 e. The van der Waals surface area contributed by atoms with E-state index in [1.165, 1.54) is 5.56 Å². The molecule has 1 aliphatic heterocycles. The minimum absolute atomic E-state index is 0.207. The Morgan fingerprint density at radius 2 is 1.88 bits per heavy atom. The van der Waals surface area contributed by atoms with Crippen LogP contribution in [0.2, 0.25) is 0 Å². The molecule has 1 aromatic rings. The van der Waals surface area contributed by atoms with E-state index in [9.17, 15) is 4.79 Å². The number of benzene rings is 1. The molecule has 92 valence electrons. The van der Waals surface area contributed by atoms with Gasteiger partial charge in [0.2, 0.25) is 0 Å². The minimum atomic E-state index is 0.207. The van der Waals surface area contributed by atoms with Crippen molar-refractivity contribution in [3.05, 3.63) is 34.9 Å². The molecule has 0 N–H and O–H groups in total. The van der Waals surface area contributed by atoms with Gasteiger partial charge in [0, 0.05) is 18.7 Å². The second-order valence-corrected chi connectivity index (χ2v) is 5.22. The summed E-state index contributed by atoms with van der Waals surface area (Å²) in [5, 5.41) is 0. The van der Waals surface area contributed by atoms with E-state index in [1.807, 2.05) is 24.0 Å². The Hall–Kier alpha value is -1.31. The molecule has 0 aliphatic carbocycles. The van der Waals surface area contributed by atoms with E-state index in [0.717, 1.165) is 43.0 Å². The van der Waals surface area contributed by atoms with Gasteiger partial charge < -0.3 is 4.90 Å². The van der Waals surface area contributed by atoms with Gasteiger partial charge in [0.05, 0.1) is 0 Å². The van der Waals surface area contributed by atoms with Crippen LogP contribution in [0.3, 0.4) is 0 Å². The highest BCUT2D eigenvalue weighted by Gasteiger charge is 2.22. The topological polar surface area (TPSA) is 20.3 Å². The fourth-order valence-electron chi connectivity index (χ4n) is 2.36. The normalized spacial score (nSPS) is 17.2. The highest BCUT2D eigenvalue weighted by molar-refractivity contribution is 5.96. The molecule has 0 unspecified atom stereocenters. The van der Waals surface area contributed by atoms with Gasteiger partial charge in [-0.1, -0.05) is 19.1 Å². The van der Waals surface area contributed by atoms with Crippen molar-refractivity contribution in [3.8, 4) is 0 Å². The number of hydrogen-bond donors (Lipinski definition) is 0. The third-order valence-corrected chi connectivity index (χ3v) is 3.91. The Kier molecular flexibility index (Phi) is 3.51. The van der Waals surface area contributed by atoms with Crippen LogP contribution in [0.5, 0.6) is 0 Å². The maximum absolute atomic E-state index is 12.4. The molecule has 1 amide bonds. The molecule has 2 nitrogen and oxygen atoms in total. The van der Waals surface area contributed by atoms with E-state index >= 15 is 0 Å². The molecule has 0 spiro atoms. The monoisotopic (exact) mass is 231 g/mol. The van der Waals surface area contributed by atoms with Crippen LogP contribution in [0.1, 0.15) is 41.3 Å². The maximum atomic E-state index is 12.4. The summed E-state index contributed by atoms with van der Waals surface area (Å²) in [5.41, 5.74) is 3.19. The number of amides is 1. The number of carbonyl (C=O) groups excluding carboxylic acids is 1. The molecule has 1 fully saturated rings. The van der Waals surface area contributed by atoms with Gasteiger partial charge in [-0.2, -0.15) is 0 Å². The van der Waals surface area contributed by atoms with Crippen molar-refractivity contribution in [3.63, 3.8) is 0 Å². The van der Waals surface area contributed by atoms with Crippen molar-refractivity contribution in [2.75, 3.05) is 13.1 Å². The molecule has 0 radical (unpaired) electrons. The summed E-state index contributed by atoms with van der Waals surface area (Å²) in [4.78, 5) is 14.4. The highest BCUT2D eigenvalue weighted by atomic mass is 16.2. The van der Waals surface area contributed by atoms with Gasteiger partial charge >= 0.3 is 0 Å². The molecule has 0 atom stereocenters. The van der Waals surface area contributed by atoms with Gasteiger partial charge in [0.25, 0.3) is 5.91 Å². The molecule has 0 aromatic heterocycles. The number of piperidine rings is 1. The van der Waals surface area contributed by atoms with E-state index in [4.69, 9.17) is 0 Å². The largest absolute Gasteiger partial charge is 0.339 e. The van der Waals surface area contributed by atoms with Crippen LogP contribution in [0.4, 0.5) is 0 Å². The first-order valence-electron chi connectivity index (χ1n) is 6.45. The molecule has 1 heterocycles. The number of rotatable bonds is 1. The Morgan fingerprint density at radius 1 is 1.24 bits per heavy atom. The quantitative estimate of drug-likeness (QED) is 0.727. The van der Waals surface area contributed by atoms with Crippen LogP contribution in [0.25, 0.3) is 0 Å². The standard InChI is InChI=1S/C15H21NO/c1-11-7-9-16(10-8-11)15(17)14-6-4-5-12(2)13(14)3/h4-6,11H,7-10H2,1-3H3. The molecule has 2 rings (SSSR count). The number of likely N-dealkylation sites (tertiary alicyclic amines) is 1. The zero-order valence-corrected chi connectivity index (χ0v) is 11.0. The summed E-state index contributed by atoms with van der Waals surface area (Å²) in [6.45, 7) is 8.18. The van der Waals surface area contributed by atoms with Gasteiger partial charge in [-0.25, -0.2) is 0 Å². The number of carbonyl (C=O) groups is 1. The Balaban J connectivity index is 2.17. The van der Waals surface area contributed by atoms with Crippen molar-refractivity contribution in [2.45, 2.75) is 33.6 Å². The SMILES string of the molecule is Cc1cccc(C(=O)N2CCC(C)CC2)c1C. The predicted molar refractivity (Wildman–Crippen MR) is 70.2 cm³/mol. The van der Waals surface area contributed by atoms with Crippen molar-refractivity contribution >= 4 is 5.91 Å². The number of aryl methyl sites for hydroxylation is 1. The lowest BCUT2D eigenvalue weighted by molar-refractivity contribution is 0.0696. The molecule has 0 bridgehead atoms. The molecule has 17 heavy (non-hydrogen) atoms. The highest BCUT2D eigenvalue weighted by Crippen LogP contribution is 2.20. The summed E-state index contributed by atoms with van der Waals surface area (Å²) in [6, 6.07) is 5.98. The Bertz CT molecular complexity index is 417. The van der Waals surface area contributed by atoms with E-state index in [-0.39, 0.29) is 5.91 Å². The summed E-state index contributed by atoms with van der Waals surface area (Å²) in [5.74, 6) is 0.968. The summed E-state index contributed by atoms with van der Waals surface area (Å²) >= 11 is 0. The summed E-state index contributed by atoms with van der Waals surface area (Å²) in [7, 11) is 0. The Morgan fingerprint density at radius 3 is 2.53 bits per heavy atom. The van der Waals surface area contributed by atoms with Crippen LogP contribution in [-0.4, -0.2) is 23.9 Å². The lowest BCUT2D eigenvalue weighted by atomic mass is 9.97. The minimum Gasteiger partial charge on any atom is -0.339 e. The van der Waals surface area contributed by atoms with E-state index in [2.05, 4.69) is 19.9 Å². The maximum Gasteiger partial charge on any atom is 0.254 e. The Labute approximate surface area is 104 Å². The van der Waals surface area contributed by atoms with E-state index in [0.29, 0.717) is 0 Å².